The molecule has 2 aromatic carbocycles. The van der Waals surface area contributed by atoms with Crippen molar-refractivity contribution in [3.05, 3.63) is 65.7 Å². The summed E-state index contributed by atoms with van der Waals surface area (Å²) >= 11 is 0. The molecule has 1 saturated carbocycles. The molecule has 132 valence electrons. The van der Waals surface area contributed by atoms with E-state index in [4.69, 9.17) is 10.5 Å². The molecule has 1 aliphatic carbocycles. The number of hydrogen-bond donors (Lipinski definition) is 1. The van der Waals surface area contributed by atoms with Gasteiger partial charge in [0.1, 0.15) is 10.8 Å². The number of hydrogen-bond acceptors (Lipinski definition) is 5. The van der Waals surface area contributed by atoms with Gasteiger partial charge in [-0.25, -0.2) is 13.2 Å². The van der Waals surface area contributed by atoms with Crippen molar-refractivity contribution in [3.63, 3.8) is 0 Å². The van der Waals surface area contributed by atoms with Crippen LogP contribution in [0.15, 0.2) is 59.5 Å². The van der Waals surface area contributed by atoms with Gasteiger partial charge in [-0.15, -0.1) is 0 Å². The normalized spacial score (nSPS) is 25.4. The summed E-state index contributed by atoms with van der Waals surface area (Å²) in [6.45, 7) is 3.70. The second-order valence-electron chi connectivity index (χ2n) is 6.32. The fraction of sp³-hybridized carbons (Fsp3) is 0.316. The summed E-state index contributed by atoms with van der Waals surface area (Å²) in [5, 5.41) is -1.04. The van der Waals surface area contributed by atoms with Crippen LogP contribution in [0.4, 0.5) is 0 Å². The minimum atomic E-state index is -3.78. The zero-order valence-corrected chi connectivity index (χ0v) is 15.0. The summed E-state index contributed by atoms with van der Waals surface area (Å²) in [5.74, 6) is -1.30. The smallest absolute Gasteiger partial charge is 0.328 e. The van der Waals surface area contributed by atoms with Crippen molar-refractivity contribution in [3.8, 4) is 0 Å². The molecule has 2 aromatic rings. The Bertz CT molecular complexity index is 877. The number of benzene rings is 2. The van der Waals surface area contributed by atoms with Gasteiger partial charge in [0, 0.05) is 5.92 Å². The van der Waals surface area contributed by atoms with Crippen LogP contribution in [0.1, 0.15) is 24.0 Å². The summed E-state index contributed by atoms with van der Waals surface area (Å²) in [4.78, 5) is 12.6. The molecule has 1 aliphatic rings. The lowest BCUT2D eigenvalue weighted by Crippen LogP contribution is -2.41. The third kappa shape index (κ3) is 2.85. The second-order valence-corrected chi connectivity index (χ2v) is 8.39. The molecule has 0 bridgehead atoms. The van der Waals surface area contributed by atoms with Crippen LogP contribution in [0.25, 0.3) is 0 Å². The third-order valence-corrected chi connectivity index (χ3v) is 6.91. The van der Waals surface area contributed by atoms with Gasteiger partial charge < -0.3 is 10.5 Å². The average Bonchev–Trinajstić information content (AvgIpc) is 3.25. The van der Waals surface area contributed by atoms with Crippen LogP contribution in [0, 0.1) is 6.92 Å². The number of esters is 1. The van der Waals surface area contributed by atoms with Gasteiger partial charge in [0.25, 0.3) is 0 Å². The zero-order valence-electron chi connectivity index (χ0n) is 14.2. The van der Waals surface area contributed by atoms with Gasteiger partial charge in [0.05, 0.1) is 11.5 Å². The Morgan fingerprint density at radius 2 is 1.72 bits per heavy atom. The molecular formula is C19H21NO4S. The van der Waals surface area contributed by atoms with Gasteiger partial charge in [-0.2, -0.15) is 0 Å². The van der Waals surface area contributed by atoms with Crippen LogP contribution in [0.3, 0.4) is 0 Å². The molecule has 2 N–H and O–H groups in total. The molecule has 3 atom stereocenters. The van der Waals surface area contributed by atoms with Crippen molar-refractivity contribution >= 4 is 15.8 Å². The summed E-state index contributed by atoms with van der Waals surface area (Å²) in [6, 6.07) is 15.6. The van der Waals surface area contributed by atoms with Crippen LogP contribution >= 0.6 is 0 Å². The predicted molar refractivity (Wildman–Crippen MR) is 94.9 cm³/mol. The monoisotopic (exact) mass is 359 g/mol. The Kier molecular flexibility index (Phi) is 4.43. The van der Waals surface area contributed by atoms with E-state index in [2.05, 4.69) is 0 Å². The van der Waals surface area contributed by atoms with E-state index >= 15 is 0 Å². The first kappa shape index (κ1) is 17.6. The summed E-state index contributed by atoms with van der Waals surface area (Å²) < 4.78 is 31.3. The number of nitrogens with two attached hydrogens (primary N) is 1. The first-order valence-corrected chi connectivity index (χ1v) is 9.69. The fourth-order valence-corrected chi connectivity index (χ4v) is 5.52. The van der Waals surface area contributed by atoms with Crippen LogP contribution in [-0.4, -0.2) is 31.8 Å². The van der Waals surface area contributed by atoms with E-state index in [0.717, 1.165) is 11.1 Å². The van der Waals surface area contributed by atoms with Crippen LogP contribution in [0.2, 0.25) is 0 Å². The lowest BCUT2D eigenvalue weighted by atomic mass is 10.1. The van der Waals surface area contributed by atoms with E-state index in [9.17, 15) is 13.2 Å². The number of ether oxygens (including phenoxy) is 1. The Morgan fingerprint density at radius 3 is 2.28 bits per heavy atom. The first-order chi connectivity index (χ1) is 11.8. The molecule has 0 heterocycles. The minimum absolute atomic E-state index is 0.149. The van der Waals surface area contributed by atoms with Crippen molar-refractivity contribution in [2.75, 3.05) is 6.61 Å². The number of sulfone groups is 1. The van der Waals surface area contributed by atoms with Gasteiger partial charge in [-0.3, -0.25) is 0 Å². The largest absolute Gasteiger partial charge is 0.465 e. The van der Waals surface area contributed by atoms with E-state index < -0.39 is 32.5 Å². The van der Waals surface area contributed by atoms with Crippen LogP contribution in [-0.2, 0) is 19.4 Å². The maximum Gasteiger partial charge on any atom is 0.328 e. The quantitative estimate of drug-likeness (QED) is 0.827. The van der Waals surface area contributed by atoms with Crippen molar-refractivity contribution < 1.29 is 17.9 Å². The molecule has 0 saturated heterocycles. The zero-order chi connectivity index (χ0) is 18.2. The highest BCUT2D eigenvalue weighted by Crippen LogP contribution is 2.56. The van der Waals surface area contributed by atoms with Gasteiger partial charge in [-0.05, 0) is 31.5 Å². The Balaban J connectivity index is 2.05. The Labute approximate surface area is 147 Å². The van der Waals surface area contributed by atoms with Crippen molar-refractivity contribution in [2.24, 2.45) is 5.73 Å². The number of rotatable bonds is 5. The highest BCUT2D eigenvalue weighted by molar-refractivity contribution is 7.92. The van der Waals surface area contributed by atoms with Gasteiger partial charge in [0.2, 0.25) is 0 Å². The molecular weight excluding hydrogens is 338 g/mol. The average molecular weight is 359 g/mol. The summed E-state index contributed by atoms with van der Waals surface area (Å²) in [5.41, 5.74) is 6.41. The lowest BCUT2D eigenvalue weighted by Gasteiger charge is -2.11. The van der Waals surface area contributed by atoms with Gasteiger partial charge >= 0.3 is 5.97 Å². The second kappa shape index (κ2) is 6.28. The molecule has 1 fully saturated rings. The van der Waals surface area contributed by atoms with Crippen molar-refractivity contribution in [1.29, 1.82) is 0 Å². The van der Waals surface area contributed by atoms with Crippen LogP contribution < -0.4 is 5.73 Å². The first-order valence-electron chi connectivity index (χ1n) is 8.15. The standard InChI is InChI=1S/C19H21NO4S/c1-3-24-18(21)19(20)16(14-7-5-4-6-8-14)17(19)25(22,23)15-11-9-13(2)10-12-15/h4-12,16-17H,3,20H2,1-2H3/t16-,17-,19-/m0/s1. The number of carbonyl (C=O) groups is 1. The van der Waals surface area contributed by atoms with Crippen molar-refractivity contribution in [2.45, 2.75) is 35.4 Å². The molecule has 25 heavy (non-hydrogen) atoms. The maximum absolute atomic E-state index is 13.1. The molecule has 0 radical (unpaired) electrons. The molecule has 5 nitrogen and oxygen atoms in total. The van der Waals surface area contributed by atoms with E-state index in [-0.39, 0.29) is 11.5 Å². The minimum Gasteiger partial charge on any atom is -0.465 e. The van der Waals surface area contributed by atoms with Gasteiger partial charge in [0.15, 0.2) is 9.84 Å². The third-order valence-electron chi connectivity index (χ3n) is 4.65. The molecule has 0 amide bonds. The predicted octanol–water partition coefficient (Wildman–Crippen LogP) is 2.20. The van der Waals surface area contributed by atoms with E-state index in [0.29, 0.717) is 0 Å². The highest BCUT2D eigenvalue weighted by atomic mass is 32.2. The number of aryl methyl sites for hydroxylation is 1. The summed E-state index contributed by atoms with van der Waals surface area (Å²) in [6.07, 6.45) is 0. The highest BCUT2D eigenvalue weighted by Gasteiger charge is 2.74. The SMILES string of the molecule is CCOC(=O)[C@]1(N)[C@@H](c2ccccc2)[C@@H]1S(=O)(=O)c1ccc(C)cc1. The Hall–Kier alpha value is -2.18. The molecule has 3 rings (SSSR count). The molecule has 6 heteroatoms. The Morgan fingerprint density at radius 1 is 1.12 bits per heavy atom. The lowest BCUT2D eigenvalue weighted by molar-refractivity contribution is -0.145. The topological polar surface area (TPSA) is 86.5 Å². The molecule has 0 aliphatic heterocycles. The van der Waals surface area contributed by atoms with E-state index in [1.54, 1.807) is 55.5 Å². The molecule has 0 aromatic heterocycles. The van der Waals surface area contributed by atoms with Crippen LogP contribution in [0.5, 0.6) is 0 Å². The van der Waals surface area contributed by atoms with Crippen molar-refractivity contribution in [1.82, 2.24) is 0 Å². The molecule has 0 unspecified atom stereocenters. The molecule has 0 spiro atoms. The van der Waals surface area contributed by atoms with E-state index in [1.807, 2.05) is 13.0 Å². The summed E-state index contributed by atoms with van der Waals surface area (Å²) in [7, 11) is -3.78. The maximum atomic E-state index is 13.1. The fourth-order valence-electron chi connectivity index (χ4n) is 3.29. The van der Waals surface area contributed by atoms with Gasteiger partial charge in [-0.1, -0.05) is 48.0 Å². The number of carbonyl (C=O) groups excluding carboxylic acids is 1. The van der Waals surface area contributed by atoms with E-state index in [1.165, 1.54) is 0 Å².